The van der Waals surface area contributed by atoms with Crippen LogP contribution in [-0.4, -0.2) is 49.5 Å². The van der Waals surface area contributed by atoms with Crippen LogP contribution in [0.25, 0.3) is 0 Å². The van der Waals surface area contributed by atoms with E-state index in [2.05, 4.69) is 16.0 Å². The molecule has 1 aliphatic rings. The minimum Gasteiger partial charge on any atom is -0.495 e. The summed E-state index contributed by atoms with van der Waals surface area (Å²) in [7, 11) is 1.56. The molecule has 1 aliphatic heterocycles. The number of amides is 4. The number of hydrogen-bond donors (Lipinski definition) is 3. The Morgan fingerprint density at radius 1 is 0.969 bits per heavy atom. The third-order valence-electron chi connectivity index (χ3n) is 5.58. The summed E-state index contributed by atoms with van der Waals surface area (Å²) in [4.78, 5) is 38.4. The van der Waals surface area contributed by atoms with Gasteiger partial charge in [0, 0.05) is 26.2 Å². The first-order chi connectivity index (χ1) is 15.5. The molecule has 0 aliphatic carbocycles. The predicted molar refractivity (Wildman–Crippen MR) is 122 cm³/mol. The van der Waals surface area contributed by atoms with Crippen molar-refractivity contribution in [3.8, 4) is 5.75 Å². The first-order valence-electron chi connectivity index (χ1n) is 10.8. The Morgan fingerprint density at radius 3 is 2.31 bits per heavy atom. The number of nitrogens with zero attached hydrogens (tertiary/aromatic N) is 1. The van der Waals surface area contributed by atoms with E-state index in [-0.39, 0.29) is 11.9 Å². The number of methoxy groups -OCH3 is 1. The van der Waals surface area contributed by atoms with Crippen molar-refractivity contribution in [1.82, 2.24) is 15.5 Å². The van der Waals surface area contributed by atoms with Crippen molar-refractivity contribution in [2.45, 2.75) is 26.3 Å². The van der Waals surface area contributed by atoms with Crippen molar-refractivity contribution < 1.29 is 19.1 Å². The maximum absolute atomic E-state index is 12.5. The minimum atomic E-state index is -0.640. The minimum absolute atomic E-state index is 0.174. The van der Waals surface area contributed by atoms with Gasteiger partial charge in [0.2, 0.25) is 0 Å². The Balaban J connectivity index is 1.37. The van der Waals surface area contributed by atoms with Crippen LogP contribution >= 0.6 is 0 Å². The monoisotopic (exact) mass is 438 g/mol. The molecule has 0 spiro atoms. The van der Waals surface area contributed by atoms with Gasteiger partial charge in [-0.05, 0) is 43.4 Å². The van der Waals surface area contributed by atoms with Crippen molar-refractivity contribution in [3.05, 3.63) is 59.7 Å². The van der Waals surface area contributed by atoms with E-state index in [1.54, 1.807) is 24.1 Å². The van der Waals surface area contributed by atoms with Crippen LogP contribution < -0.4 is 20.7 Å². The van der Waals surface area contributed by atoms with E-state index in [0.717, 1.165) is 24.0 Å². The number of ether oxygens (including phenoxy) is 1. The van der Waals surface area contributed by atoms with Gasteiger partial charge in [0.05, 0.1) is 12.8 Å². The van der Waals surface area contributed by atoms with Crippen LogP contribution in [0.4, 0.5) is 10.5 Å². The van der Waals surface area contributed by atoms with E-state index in [9.17, 15) is 14.4 Å². The number of benzene rings is 2. The molecule has 3 N–H and O–H groups in total. The second kappa shape index (κ2) is 11.2. The van der Waals surface area contributed by atoms with Gasteiger partial charge in [0.15, 0.2) is 0 Å². The SMILES string of the molecule is COc1ccccc1NC(=O)N1CCC(CNC(=O)C(=O)NCc2ccc(C)cc2)CC1. The summed E-state index contributed by atoms with van der Waals surface area (Å²) in [5.41, 5.74) is 2.71. The fourth-order valence-corrected chi connectivity index (χ4v) is 3.57. The number of piperidine rings is 1. The van der Waals surface area contributed by atoms with Crippen LogP contribution in [0.1, 0.15) is 24.0 Å². The zero-order valence-electron chi connectivity index (χ0n) is 18.5. The highest BCUT2D eigenvalue weighted by atomic mass is 16.5. The number of carbonyl (C=O) groups excluding carboxylic acids is 3. The van der Waals surface area contributed by atoms with Gasteiger partial charge < -0.3 is 25.6 Å². The number of carbonyl (C=O) groups is 3. The van der Waals surface area contributed by atoms with Gasteiger partial charge in [-0.25, -0.2) is 4.79 Å². The number of anilines is 1. The molecule has 8 nitrogen and oxygen atoms in total. The Labute approximate surface area is 188 Å². The summed E-state index contributed by atoms with van der Waals surface area (Å²) in [5, 5.41) is 8.23. The number of likely N-dealkylation sites (tertiary alicyclic amines) is 1. The normalized spacial score (nSPS) is 13.9. The lowest BCUT2D eigenvalue weighted by molar-refractivity contribution is -0.139. The molecule has 1 fully saturated rings. The van der Waals surface area contributed by atoms with Crippen molar-refractivity contribution >= 4 is 23.5 Å². The summed E-state index contributed by atoms with van der Waals surface area (Å²) in [5.74, 6) is -0.439. The summed E-state index contributed by atoms with van der Waals surface area (Å²) < 4.78 is 5.27. The van der Waals surface area contributed by atoms with Gasteiger partial charge in [-0.2, -0.15) is 0 Å². The molecule has 1 saturated heterocycles. The molecular weight excluding hydrogens is 408 g/mol. The second-order valence-corrected chi connectivity index (χ2v) is 7.94. The Kier molecular flexibility index (Phi) is 8.08. The average Bonchev–Trinajstić information content (AvgIpc) is 2.82. The quantitative estimate of drug-likeness (QED) is 0.604. The maximum Gasteiger partial charge on any atom is 0.321 e. The highest BCUT2D eigenvalue weighted by Gasteiger charge is 2.24. The van der Waals surface area contributed by atoms with Crippen molar-refractivity contribution in [3.63, 3.8) is 0 Å². The third-order valence-corrected chi connectivity index (χ3v) is 5.58. The molecule has 0 aromatic heterocycles. The number of aryl methyl sites for hydroxylation is 1. The van der Waals surface area contributed by atoms with Crippen LogP contribution in [0, 0.1) is 12.8 Å². The number of hydrogen-bond acceptors (Lipinski definition) is 4. The second-order valence-electron chi connectivity index (χ2n) is 7.94. The van der Waals surface area contributed by atoms with Crippen molar-refractivity contribution in [1.29, 1.82) is 0 Å². The van der Waals surface area contributed by atoms with Crippen LogP contribution in [0.15, 0.2) is 48.5 Å². The zero-order valence-corrected chi connectivity index (χ0v) is 18.5. The number of nitrogens with one attached hydrogen (secondary N) is 3. The fourth-order valence-electron chi connectivity index (χ4n) is 3.57. The molecule has 0 atom stereocenters. The van der Waals surface area contributed by atoms with E-state index < -0.39 is 11.8 Å². The summed E-state index contributed by atoms with van der Waals surface area (Å²) in [6, 6.07) is 14.9. The first-order valence-corrected chi connectivity index (χ1v) is 10.8. The molecule has 0 radical (unpaired) electrons. The molecule has 170 valence electrons. The molecule has 4 amide bonds. The number of rotatable bonds is 6. The number of para-hydroxylation sites is 2. The lowest BCUT2D eigenvalue weighted by Gasteiger charge is -2.32. The molecule has 32 heavy (non-hydrogen) atoms. The zero-order chi connectivity index (χ0) is 22.9. The lowest BCUT2D eigenvalue weighted by atomic mass is 9.97. The number of urea groups is 1. The van der Waals surface area contributed by atoms with Gasteiger partial charge >= 0.3 is 17.8 Å². The highest BCUT2D eigenvalue weighted by Crippen LogP contribution is 2.24. The standard InChI is InChI=1S/C24H30N4O4/c1-17-7-9-18(10-8-17)15-25-22(29)23(30)26-16-19-11-13-28(14-12-19)24(31)27-20-5-3-4-6-21(20)32-2/h3-10,19H,11-16H2,1-2H3,(H,25,29)(H,26,30)(H,27,31). The molecular formula is C24H30N4O4. The predicted octanol–water partition coefficient (Wildman–Crippen LogP) is 2.68. The third kappa shape index (κ3) is 6.47. The van der Waals surface area contributed by atoms with Crippen molar-refractivity contribution in [2.75, 3.05) is 32.1 Å². The average molecular weight is 439 g/mol. The largest absolute Gasteiger partial charge is 0.495 e. The van der Waals surface area contributed by atoms with Gasteiger partial charge in [-0.1, -0.05) is 42.0 Å². The molecule has 2 aromatic rings. The van der Waals surface area contributed by atoms with Gasteiger partial charge in [0.25, 0.3) is 0 Å². The summed E-state index contributed by atoms with van der Waals surface area (Å²) >= 11 is 0. The Morgan fingerprint density at radius 2 is 1.62 bits per heavy atom. The van der Waals surface area contributed by atoms with Crippen molar-refractivity contribution in [2.24, 2.45) is 5.92 Å². The van der Waals surface area contributed by atoms with E-state index >= 15 is 0 Å². The molecule has 3 rings (SSSR count). The lowest BCUT2D eigenvalue weighted by Crippen LogP contribution is -2.45. The van der Waals surface area contributed by atoms with E-state index in [1.807, 2.05) is 43.3 Å². The fraction of sp³-hybridized carbons (Fsp3) is 0.375. The smallest absolute Gasteiger partial charge is 0.321 e. The molecule has 0 bridgehead atoms. The van der Waals surface area contributed by atoms with Crippen LogP contribution in [0.5, 0.6) is 5.75 Å². The maximum atomic E-state index is 12.5. The molecule has 0 unspecified atom stereocenters. The van der Waals surface area contributed by atoms with Crippen LogP contribution in [0.2, 0.25) is 0 Å². The Bertz CT molecular complexity index is 937. The van der Waals surface area contributed by atoms with Crippen LogP contribution in [0.3, 0.4) is 0 Å². The molecule has 0 saturated carbocycles. The molecule has 8 heteroatoms. The van der Waals surface area contributed by atoms with Gasteiger partial charge in [-0.15, -0.1) is 0 Å². The van der Waals surface area contributed by atoms with E-state index in [1.165, 1.54) is 0 Å². The van der Waals surface area contributed by atoms with Gasteiger partial charge in [0.1, 0.15) is 5.75 Å². The van der Waals surface area contributed by atoms with Gasteiger partial charge in [-0.3, -0.25) is 9.59 Å². The van der Waals surface area contributed by atoms with E-state index in [0.29, 0.717) is 37.6 Å². The summed E-state index contributed by atoms with van der Waals surface area (Å²) in [6.07, 6.45) is 1.51. The Hall–Kier alpha value is -3.55. The highest BCUT2D eigenvalue weighted by molar-refractivity contribution is 6.35. The summed E-state index contributed by atoms with van der Waals surface area (Å²) in [6.45, 7) is 3.89. The molecule has 2 aromatic carbocycles. The first kappa shape index (κ1) is 23.1. The topological polar surface area (TPSA) is 99.8 Å². The van der Waals surface area contributed by atoms with E-state index in [4.69, 9.17) is 4.74 Å². The molecule has 1 heterocycles. The van der Waals surface area contributed by atoms with Crippen LogP contribution in [-0.2, 0) is 16.1 Å².